The van der Waals surface area contributed by atoms with Crippen LogP contribution in [0.4, 0.5) is 5.82 Å². The average molecular weight is 210 g/mol. The standard InChI is InChI=1S/C10H14N2O3/c1-3-14-10(13)7(2)15-8-4-5-12-9(11)6-8/h4-7H,3H2,1-2H3,(H2,11,12). The van der Waals surface area contributed by atoms with Crippen molar-refractivity contribution in [3.05, 3.63) is 18.3 Å². The summed E-state index contributed by atoms with van der Waals surface area (Å²) >= 11 is 0. The predicted octanol–water partition coefficient (Wildman–Crippen LogP) is 0.994. The summed E-state index contributed by atoms with van der Waals surface area (Å²) < 4.78 is 10.1. The minimum atomic E-state index is -0.647. The van der Waals surface area contributed by atoms with Gasteiger partial charge in [0.2, 0.25) is 0 Å². The molecular formula is C10H14N2O3. The van der Waals surface area contributed by atoms with Crippen molar-refractivity contribution in [1.29, 1.82) is 0 Å². The van der Waals surface area contributed by atoms with Crippen molar-refractivity contribution in [2.45, 2.75) is 20.0 Å². The fourth-order valence-electron chi connectivity index (χ4n) is 1.01. The van der Waals surface area contributed by atoms with Crippen LogP contribution in [0.2, 0.25) is 0 Å². The molecule has 15 heavy (non-hydrogen) atoms. The van der Waals surface area contributed by atoms with Crippen LogP contribution in [-0.4, -0.2) is 23.7 Å². The van der Waals surface area contributed by atoms with Gasteiger partial charge in [-0.1, -0.05) is 0 Å². The van der Waals surface area contributed by atoms with Gasteiger partial charge in [0.15, 0.2) is 6.10 Å². The molecule has 0 fully saturated rings. The summed E-state index contributed by atoms with van der Waals surface area (Å²) in [5.41, 5.74) is 5.46. The van der Waals surface area contributed by atoms with Crippen molar-refractivity contribution >= 4 is 11.8 Å². The number of nitrogens with zero attached hydrogens (tertiary/aromatic N) is 1. The van der Waals surface area contributed by atoms with Crippen molar-refractivity contribution in [3.8, 4) is 5.75 Å². The van der Waals surface area contributed by atoms with Crippen molar-refractivity contribution < 1.29 is 14.3 Å². The summed E-state index contributed by atoms with van der Waals surface area (Å²) in [5, 5.41) is 0. The molecule has 1 rings (SSSR count). The van der Waals surface area contributed by atoms with Crippen molar-refractivity contribution in [2.24, 2.45) is 0 Å². The number of rotatable bonds is 4. The molecule has 1 aromatic heterocycles. The molecule has 0 spiro atoms. The lowest BCUT2D eigenvalue weighted by Crippen LogP contribution is -2.26. The van der Waals surface area contributed by atoms with E-state index in [-0.39, 0.29) is 0 Å². The number of esters is 1. The van der Waals surface area contributed by atoms with Gasteiger partial charge in [0.1, 0.15) is 11.6 Å². The van der Waals surface area contributed by atoms with E-state index in [9.17, 15) is 4.79 Å². The minimum absolute atomic E-state index is 0.338. The van der Waals surface area contributed by atoms with Gasteiger partial charge in [-0.15, -0.1) is 0 Å². The fraction of sp³-hybridized carbons (Fsp3) is 0.400. The maximum Gasteiger partial charge on any atom is 0.347 e. The van der Waals surface area contributed by atoms with Crippen LogP contribution in [0.3, 0.4) is 0 Å². The van der Waals surface area contributed by atoms with Gasteiger partial charge in [-0.3, -0.25) is 0 Å². The lowest BCUT2D eigenvalue weighted by Gasteiger charge is -2.13. The Labute approximate surface area is 88.2 Å². The van der Waals surface area contributed by atoms with Crippen molar-refractivity contribution in [3.63, 3.8) is 0 Å². The smallest absolute Gasteiger partial charge is 0.347 e. The SMILES string of the molecule is CCOC(=O)C(C)Oc1ccnc(N)c1. The molecule has 82 valence electrons. The van der Waals surface area contributed by atoms with Crippen LogP contribution in [0, 0.1) is 0 Å². The number of pyridine rings is 1. The Morgan fingerprint density at radius 3 is 3.00 bits per heavy atom. The molecule has 0 aliphatic rings. The highest BCUT2D eigenvalue weighted by Gasteiger charge is 2.15. The lowest BCUT2D eigenvalue weighted by molar-refractivity contribution is -0.150. The number of hydrogen-bond acceptors (Lipinski definition) is 5. The van der Waals surface area contributed by atoms with E-state index in [1.165, 1.54) is 6.20 Å². The highest BCUT2D eigenvalue weighted by atomic mass is 16.6. The van der Waals surface area contributed by atoms with E-state index in [1.807, 2.05) is 0 Å². The van der Waals surface area contributed by atoms with Gasteiger partial charge in [-0.2, -0.15) is 0 Å². The molecule has 1 aromatic rings. The van der Waals surface area contributed by atoms with Gasteiger partial charge in [0, 0.05) is 12.3 Å². The van der Waals surface area contributed by atoms with Gasteiger partial charge in [-0.05, 0) is 19.9 Å². The van der Waals surface area contributed by atoms with Gasteiger partial charge in [-0.25, -0.2) is 9.78 Å². The topological polar surface area (TPSA) is 74.4 Å². The molecule has 0 bridgehead atoms. The van der Waals surface area contributed by atoms with Gasteiger partial charge >= 0.3 is 5.97 Å². The predicted molar refractivity (Wildman–Crippen MR) is 55.4 cm³/mol. The number of nitrogen functional groups attached to an aromatic ring is 1. The second kappa shape index (κ2) is 5.19. The molecule has 5 heteroatoms. The van der Waals surface area contributed by atoms with E-state index in [0.717, 1.165) is 0 Å². The summed E-state index contributed by atoms with van der Waals surface area (Å²) in [4.78, 5) is 15.0. The molecule has 5 nitrogen and oxygen atoms in total. The van der Waals surface area contributed by atoms with Crippen LogP contribution in [0.15, 0.2) is 18.3 Å². The second-order valence-corrected chi connectivity index (χ2v) is 2.93. The average Bonchev–Trinajstić information content (AvgIpc) is 2.18. The van der Waals surface area contributed by atoms with Crippen LogP contribution in [0.5, 0.6) is 5.75 Å². The Kier molecular flexibility index (Phi) is 3.91. The Morgan fingerprint density at radius 2 is 2.40 bits per heavy atom. The first-order chi connectivity index (χ1) is 7.13. The molecule has 2 N–H and O–H groups in total. The third-order valence-corrected chi connectivity index (χ3v) is 1.68. The van der Waals surface area contributed by atoms with Crippen LogP contribution in [0.1, 0.15) is 13.8 Å². The summed E-state index contributed by atoms with van der Waals surface area (Å²) in [5.74, 6) is 0.458. The van der Waals surface area contributed by atoms with Crippen LogP contribution in [0.25, 0.3) is 0 Å². The van der Waals surface area contributed by atoms with E-state index in [1.54, 1.807) is 26.0 Å². The maximum atomic E-state index is 11.2. The zero-order valence-corrected chi connectivity index (χ0v) is 8.77. The summed E-state index contributed by atoms with van der Waals surface area (Å²) in [6.45, 7) is 3.70. The van der Waals surface area contributed by atoms with Crippen molar-refractivity contribution in [2.75, 3.05) is 12.3 Å². The molecule has 0 aromatic carbocycles. The number of carbonyl (C=O) groups excluding carboxylic acids is 1. The summed E-state index contributed by atoms with van der Waals surface area (Å²) in [6.07, 6.45) is 0.870. The summed E-state index contributed by atoms with van der Waals surface area (Å²) in [7, 11) is 0. The van der Waals surface area contributed by atoms with E-state index >= 15 is 0 Å². The largest absolute Gasteiger partial charge is 0.479 e. The Hall–Kier alpha value is -1.78. The number of hydrogen-bond donors (Lipinski definition) is 1. The molecule has 1 heterocycles. The molecule has 0 radical (unpaired) electrons. The zero-order valence-electron chi connectivity index (χ0n) is 8.77. The molecule has 0 saturated heterocycles. The quantitative estimate of drug-likeness (QED) is 0.750. The molecule has 0 aliphatic heterocycles. The normalized spacial score (nSPS) is 11.9. The summed E-state index contributed by atoms with van der Waals surface area (Å²) in [6, 6.07) is 3.18. The van der Waals surface area contributed by atoms with E-state index in [4.69, 9.17) is 15.2 Å². The molecule has 0 aliphatic carbocycles. The first kappa shape index (κ1) is 11.3. The molecule has 1 atom stereocenters. The van der Waals surface area contributed by atoms with Crippen LogP contribution < -0.4 is 10.5 Å². The third-order valence-electron chi connectivity index (χ3n) is 1.68. The van der Waals surface area contributed by atoms with Gasteiger partial charge in [0.05, 0.1) is 6.61 Å². The Bertz CT molecular complexity index is 341. The van der Waals surface area contributed by atoms with Gasteiger partial charge in [0.25, 0.3) is 0 Å². The number of nitrogens with two attached hydrogens (primary N) is 1. The molecular weight excluding hydrogens is 196 g/mol. The third kappa shape index (κ3) is 3.46. The highest BCUT2D eigenvalue weighted by Crippen LogP contribution is 2.14. The molecule has 1 unspecified atom stereocenters. The monoisotopic (exact) mass is 210 g/mol. The van der Waals surface area contributed by atoms with Crippen molar-refractivity contribution in [1.82, 2.24) is 4.98 Å². The molecule has 0 amide bonds. The fourth-order valence-corrected chi connectivity index (χ4v) is 1.01. The zero-order chi connectivity index (χ0) is 11.3. The number of ether oxygens (including phenoxy) is 2. The number of aromatic nitrogens is 1. The number of carbonyl (C=O) groups is 1. The number of anilines is 1. The van der Waals surface area contributed by atoms with E-state index in [0.29, 0.717) is 18.2 Å². The second-order valence-electron chi connectivity index (χ2n) is 2.93. The lowest BCUT2D eigenvalue weighted by atomic mass is 10.4. The Balaban J connectivity index is 2.58. The van der Waals surface area contributed by atoms with E-state index in [2.05, 4.69) is 4.98 Å². The molecule has 0 saturated carbocycles. The first-order valence-electron chi connectivity index (χ1n) is 4.68. The highest BCUT2D eigenvalue weighted by molar-refractivity contribution is 5.74. The van der Waals surface area contributed by atoms with Crippen LogP contribution >= 0.6 is 0 Å². The minimum Gasteiger partial charge on any atom is -0.479 e. The van der Waals surface area contributed by atoms with Gasteiger partial charge < -0.3 is 15.2 Å². The van der Waals surface area contributed by atoms with E-state index < -0.39 is 12.1 Å². The van der Waals surface area contributed by atoms with Crippen LogP contribution in [-0.2, 0) is 9.53 Å². The maximum absolute atomic E-state index is 11.2. The Morgan fingerprint density at radius 1 is 1.67 bits per heavy atom. The first-order valence-corrected chi connectivity index (χ1v) is 4.68.